The smallest absolute Gasteiger partial charge is 0.317 e. The quantitative estimate of drug-likeness (QED) is 0.653. The van der Waals surface area contributed by atoms with E-state index in [1.54, 1.807) is 4.90 Å². The maximum atomic E-state index is 11.4. The number of nitrogens with two attached hydrogens (primary N) is 1. The standard InChI is InChI=1S/C9H19N3O/c1-9(2,3)7-6-12(5-4-10)8(13)11-7/h7H,4-6,10H2,1-3H3,(H,11,13). The molecule has 0 spiro atoms. The fourth-order valence-electron chi connectivity index (χ4n) is 1.43. The normalized spacial score (nSPS) is 23.5. The van der Waals surface area contributed by atoms with Crippen LogP contribution in [-0.2, 0) is 0 Å². The minimum absolute atomic E-state index is 0.0189. The molecule has 76 valence electrons. The maximum absolute atomic E-state index is 11.4. The van der Waals surface area contributed by atoms with E-state index in [9.17, 15) is 4.79 Å². The molecule has 4 heteroatoms. The predicted octanol–water partition coefficient (Wildman–Crippen LogP) is 0.385. The minimum Gasteiger partial charge on any atom is -0.333 e. The van der Waals surface area contributed by atoms with Gasteiger partial charge in [-0.1, -0.05) is 20.8 Å². The average Bonchev–Trinajstić information content (AvgIpc) is 2.32. The van der Waals surface area contributed by atoms with Crippen LogP contribution in [0.15, 0.2) is 0 Å². The molecule has 0 radical (unpaired) electrons. The van der Waals surface area contributed by atoms with Gasteiger partial charge in [0, 0.05) is 19.6 Å². The van der Waals surface area contributed by atoms with Gasteiger partial charge < -0.3 is 16.0 Å². The summed E-state index contributed by atoms with van der Waals surface area (Å²) in [5, 5.41) is 2.96. The summed E-state index contributed by atoms with van der Waals surface area (Å²) in [6.45, 7) is 8.35. The highest BCUT2D eigenvalue weighted by Gasteiger charge is 2.35. The average molecular weight is 185 g/mol. The van der Waals surface area contributed by atoms with Gasteiger partial charge in [-0.05, 0) is 5.41 Å². The molecule has 1 unspecified atom stereocenters. The topological polar surface area (TPSA) is 58.4 Å². The summed E-state index contributed by atoms with van der Waals surface area (Å²) in [4.78, 5) is 13.2. The molecule has 1 aliphatic heterocycles. The van der Waals surface area contributed by atoms with Crippen LogP contribution < -0.4 is 11.1 Å². The van der Waals surface area contributed by atoms with Crippen molar-refractivity contribution in [3.05, 3.63) is 0 Å². The van der Waals surface area contributed by atoms with Gasteiger partial charge in [0.05, 0.1) is 6.04 Å². The number of nitrogens with one attached hydrogen (secondary N) is 1. The summed E-state index contributed by atoms with van der Waals surface area (Å²) >= 11 is 0. The zero-order valence-electron chi connectivity index (χ0n) is 8.63. The highest BCUT2D eigenvalue weighted by Crippen LogP contribution is 2.23. The number of nitrogens with zero attached hydrogens (tertiary/aromatic N) is 1. The lowest BCUT2D eigenvalue weighted by atomic mass is 9.87. The number of hydrogen-bond acceptors (Lipinski definition) is 2. The van der Waals surface area contributed by atoms with Crippen molar-refractivity contribution in [2.45, 2.75) is 26.8 Å². The van der Waals surface area contributed by atoms with E-state index in [-0.39, 0.29) is 17.5 Å². The molecule has 0 saturated carbocycles. The van der Waals surface area contributed by atoms with Gasteiger partial charge in [-0.25, -0.2) is 4.79 Å². The van der Waals surface area contributed by atoms with Crippen LogP contribution in [0.4, 0.5) is 4.79 Å². The lowest BCUT2D eigenvalue weighted by Crippen LogP contribution is -2.38. The van der Waals surface area contributed by atoms with E-state index in [1.165, 1.54) is 0 Å². The molecule has 0 aromatic carbocycles. The predicted molar refractivity (Wildman–Crippen MR) is 52.4 cm³/mol. The summed E-state index contributed by atoms with van der Waals surface area (Å²) in [7, 11) is 0. The highest BCUT2D eigenvalue weighted by atomic mass is 16.2. The molecule has 0 aliphatic carbocycles. The first-order chi connectivity index (χ1) is 5.95. The summed E-state index contributed by atoms with van der Waals surface area (Å²) in [5.74, 6) is 0. The first-order valence-corrected chi connectivity index (χ1v) is 4.70. The van der Waals surface area contributed by atoms with Gasteiger partial charge in [-0.3, -0.25) is 0 Å². The molecule has 1 saturated heterocycles. The Labute approximate surface area is 79.5 Å². The lowest BCUT2D eigenvalue weighted by Gasteiger charge is -2.25. The zero-order valence-corrected chi connectivity index (χ0v) is 8.63. The molecule has 0 bridgehead atoms. The van der Waals surface area contributed by atoms with E-state index in [1.807, 2.05) is 0 Å². The van der Waals surface area contributed by atoms with Crippen molar-refractivity contribution in [3.8, 4) is 0 Å². The van der Waals surface area contributed by atoms with Crippen LogP contribution in [0, 0.1) is 5.41 Å². The van der Waals surface area contributed by atoms with Crippen LogP contribution in [0.25, 0.3) is 0 Å². The summed E-state index contributed by atoms with van der Waals surface area (Å²) in [6.07, 6.45) is 0. The molecule has 1 fully saturated rings. The van der Waals surface area contributed by atoms with Crippen LogP contribution in [0.2, 0.25) is 0 Å². The van der Waals surface area contributed by atoms with Crippen molar-refractivity contribution in [1.29, 1.82) is 0 Å². The van der Waals surface area contributed by atoms with E-state index in [2.05, 4.69) is 26.1 Å². The number of carbonyl (C=O) groups is 1. The van der Waals surface area contributed by atoms with Crippen LogP contribution in [-0.4, -0.2) is 36.6 Å². The fourth-order valence-corrected chi connectivity index (χ4v) is 1.43. The second-order valence-electron chi connectivity index (χ2n) is 4.60. The highest BCUT2D eigenvalue weighted by molar-refractivity contribution is 5.77. The van der Waals surface area contributed by atoms with Gasteiger partial charge in [-0.15, -0.1) is 0 Å². The van der Waals surface area contributed by atoms with Gasteiger partial charge in [0.25, 0.3) is 0 Å². The number of carbonyl (C=O) groups excluding carboxylic acids is 1. The minimum atomic E-state index is 0.0189. The molecule has 1 rings (SSSR count). The van der Waals surface area contributed by atoms with E-state index >= 15 is 0 Å². The Morgan fingerprint density at radius 1 is 1.62 bits per heavy atom. The molecule has 0 aromatic rings. The zero-order chi connectivity index (χ0) is 10.1. The molecule has 13 heavy (non-hydrogen) atoms. The first-order valence-electron chi connectivity index (χ1n) is 4.70. The van der Waals surface area contributed by atoms with Gasteiger partial charge in [0.15, 0.2) is 0 Å². The van der Waals surface area contributed by atoms with Crippen LogP contribution in [0.1, 0.15) is 20.8 Å². The molecule has 0 aromatic heterocycles. The van der Waals surface area contributed by atoms with Gasteiger partial charge in [0.2, 0.25) is 0 Å². The Bertz CT molecular complexity index is 198. The number of rotatable bonds is 2. The van der Waals surface area contributed by atoms with Crippen molar-refractivity contribution in [2.24, 2.45) is 11.1 Å². The van der Waals surface area contributed by atoms with Crippen LogP contribution >= 0.6 is 0 Å². The van der Waals surface area contributed by atoms with Crippen molar-refractivity contribution in [1.82, 2.24) is 10.2 Å². The van der Waals surface area contributed by atoms with Gasteiger partial charge >= 0.3 is 6.03 Å². The Hall–Kier alpha value is -0.770. The van der Waals surface area contributed by atoms with Gasteiger partial charge in [0.1, 0.15) is 0 Å². The Morgan fingerprint density at radius 3 is 2.62 bits per heavy atom. The van der Waals surface area contributed by atoms with E-state index in [4.69, 9.17) is 5.73 Å². The SMILES string of the molecule is CC(C)(C)C1CN(CCN)C(=O)N1. The van der Waals surface area contributed by atoms with Crippen molar-refractivity contribution in [2.75, 3.05) is 19.6 Å². The first kappa shape index (κ1) is 10.3. The summed E-state index contributed by atoms with van der Waals surface area (Å²) in [6, 6.07) is 0.261. The Morgan fingerprint density at radius 2 is 2.23 bits per heavy atom. The Kier molecular flexibility index (Phi) is 2.81. The molecule has 1 heterocycles. The second-order valence-corrected chi connectivity index (χ2v) is 4.60. The molecule has 1 atom stereocenters. The monoisotopic (exact) mass is 185 g/mol. The van der Waals surface area contributed by atoms with E-state index < -0.39 is 0 Å². The van der Waals surface area contributed by atoms with Crippen molar-refractivity contribution < 1.29 is 4.79 Å². The second kappa shape index (κ2) is 3.54. The number of hydrogen-bond donors (Lipinski definition) is 2. The Balaban J connectivity index is 2.55. The molecule has 1 aliphatic rings. The van der Waals surface area contributed by atoms with E-state index in [0.29, 0.717) is 13.1 Å². The maximum Gasteiger partial charge on any atom is 0.317 e. The third-order valence-corrected chi connectivity index (χ3v) is 2.43. The number of amides is 2. The van der Waals surface area contributed by atoms with Crippen molar-refractivity contribution in [3.63, 3.8) is 0 Å². The summed E-state index contributed by atoms with van der Waals surface area (Å²) < 4.78 is 0. The van der Waals surface area contributed by atoms with Crippen LogP contribution in [0.5, 0.6) is 0 Å². The lowest BCUT2D eigenvalue weighted by molar-refractivity contribution is 0.218. The molecular formula is C9H19N3O. The fraction of sp³-hybridized carbons (Fsp3) is 0.889. The van der Waals surface area contributed by atoms with Crippen molar-refractivity contribution >= 4 is 6.03 Å². The third-order valence-electron chi connectivity index (χ3n) is 2.43. The van der Waals surface area contributed by atoms with E-state index in [0.717, 1.165) is 6.54 Å². The third kappa shape index (κ3) is 2.34. The molecule has 2 amide bonds. The molecule has 3 N–H and O–H groups in total. The van der Waals surface area contributed by atoms with Crippen LogP contribution in [0.3, 0.4) is 0 Å². The van der Waals surface area contributed by atoms with Gasteiger partial charge in [-0.2, -0.15) is 0 Å². The molecule has 4 nitrogen and oxygen atoms in total. The summed E-state index contributed by atoms with van der Waals surface area (Å²) in [5.41, 5.74) is 5.53. The molecular weight excluding hydrogens is 166 g/mol. The largest absolute Gasteiger partial charge is 0.333 e. The number of urea groups is 1.